The first-order valence-electron chi connectivity index (χ1n) is 11.8. The zero-order valence-electron chi connectivity index (χ0n) is 19.9. The summed E-state index contributed by atoms with van der Waals surface area (Å²) >= 11 is 7.70. The lowest BCUT2D eigenvalue weighted by molar-refractivity contribution is 0.185. The number of aromatic nitrogens is 2. The molecule has 0 bridgehead atoms. The van der Waals surface area contributed by atoms with Crippen molar-refractivity contribution in [2.24, 2.45) is 0 Å². The minimum atomic E-state index is -0.125. The van der Waals surface area contributed by atoms with Crippen LogP contribution in [0.1, 0.15) is 33.7 Å². The fraction of sp³-hybridized carbons (Fsp3) is 0.172. The van der Waals surface area contributed by atoms with Crippen LogP contribution in [0.4, 0.5) is 0 Å². The Labute approximate surface area is 218 Å². The highest BCUT2D eigenvalue weighted by Crippen LogP contribution is 2.48. The van der Waals surface area contributed by atoms with Crippen LogP contribution in [0.3, 0.4) is 0 Å². The molecule has 6 rings (SSSR count). The van der Waals surface area contributed by atoms with Gasteiger partial charge < -0.3 is 4.74 Å². The second-order valence-electron chi connectivity index (χ2n) is 8.95. The Morgan fingerprint density at radius 1 is 0.944 bits per heavy atom. The van der Waals surface area contributed by atoms with E-state index >= 15 is 0 Å². The van der Waals surface area contributed by atoms with Gasteiger partial charge in [-0.1, -0.05) is 72.3 Å². The van der Waals surface area contributed by atoms with Gasteiger partial charge in [0.25, 0.3) is 5.56 Å². The Kier molecular flexibility index (Phi) is 5.88. The van der Waals surface area contributed by atoms with Crippen molar-refractivity contribution in [3.8, 4) is 11.7 Å². The average Bonchev–Trinajstić information content (AvgIpc) is 3.28. The molecule has 2 atom stereocenters. The van der Waals surface area contributed by atoms with Crippen molar-refractivity contribution in [1.29, 1.82) is 0 Å². The normalized spacial score (nSPS) is 17.8. The van der Waals surface area contributed by atoms with Gasteiger partial charge in [0.05, 0.1) is 24.2 Å². The molecular weight excluding hydrogens is 490 g/mol. The number of thiophene rings is 1. The first-order valence-corrected chi connectivity index (χ1v) is 13.0. The molecule has 3 aromatic carbocycles. The number of ether oxygens (including phenoxy) is 1. The van der Waals surface area contributed by atoms with E-state index in [0.29, 0.717) is 20.9 Å². The van der Waals surface area contributed by atoms with Gasteiger partial charge in [-0.05, 0) is 54.4 Å². The lowest BCUT2D eigenvalue weighted by Gasteiger charge is -2.40. The maximum Gasteiger partial charge on any atom is 0.305 e. The lowest BCUT2D eigenvalue weighted by Crippen LogP contribution is -2.35. The van der Waals surface area contributed by atoms with Gasteiger partial charge in [-0.15, -0.1) is 11.3 Å². The van der Waals surface area contributed by atoms with Gasteiger partial charge in [-0.25, -0.2) is 4.57 Å². The van der Waals surface area contributed by atoms with Crippen LogP contribution in [0.25, 0.3) is 15.9 Å². The van der Waals surface area contributed by atoms with E-state index in [9.17, 15) is 4.79 Å². The summed E-state index contributed by atoms with van der Waals surface area (Å²) in [5.74, 6) is 0. The molecule has 2 aromatic heterocycles. The minimum absolute atomic E-state index is 0.00809. The highest BCUT2D eigenvalue weighted by atomic mass is 35.5. The van der Waals surface area contributed by atoms with Crippen LogP contribution in [0.5, 0.6) is 6.01 Å². The molecule has 3 heterocycles. The molecular formula is C29H24ClN3O2S. The Bertz CT molecular complexity index is 1600. The molecule has 36 heavy (non-hydrogen) atoms. The Morgan fingerprint density at radius 2 is 1.58 bits per heavy atom. The van der Waals surface area contributed by atoms with Gasteiger partial charge in [-0.2, -0.15) is 4.98 Å². The number of halogens is 1. The average molecular weight is 514 g/mol. The second-order valence-corrected chi connectivity index (χ2v) is 10.4. The van der Waals surface area contributed by atoms with E-state index in [1.165, 1.54) is 11.1 Å². The number of likely N-dealkylation sites (N-methyl/N-ethyl adjacent to an activating group) is 1. The number of benzene rings is 3. The smallest absolute Gasteiger partial charge is 0.305 e. The summed E-state index contributed by atoms with van der Waals surface area (Å²) < 4.78 is 7.13. The van der Waals surface area contributed by atoms with Crippen LogP contribution in [-0.4, -0.2) is 28.6 Å². The molecule has 7 heteroatoms. The van der Waals surface area contributed by atoms with Crippen molar-refractivity contribution in [2.75, 3.05) is 14.2 Å². The molecule has 0 saturated carbocycles. The predicted octanol–water partition coefficient (Wildman–Crippen LogP) is 6.43. The first-order chi connectivity index (χ1) is 17.6. The van der Waals surface area contributed by atoms with Gasteiger partial charge in [0.2, 0.25) is 0 Å². The van der Waals surface area contributed by atoms with Gasteiger partial charge in [0, 0.05) is 15.9 Å². The third-order valence-electron chi connectivity index (χ3n) is 6.94. The third kappa shape index (κ3) is 3.73. The maximum absolute atomic E-state index is 14.1. The summed E-state index contributed by atoms with van der Waals surface area (Å²) in [7, 11) is 3.71. The van der Waals surface area contributed by atoms with Crippen molar-refractivity contribution < 1.29 is 4.74 Å². The highest BCUT2D eigenvalue weighted by molar-refractivity contribution is 7.19. The molecule has 5 nitrogen and oxygen atoms in total. The summed E-state index contributed by atoms with van der Waals surface area (Å²) in [5, 5.41) is 1.27. The molecule has 1 aliphatic heterocycles. The summed E-state index contributed by atoms with van der Waals surface area (Å²) in [6.07, 6.45) is 0.725. The Balaban J connectivity index is 1.63. The zero-order valence-corrected chi connectivity index (χ0v) is 21.5. The van der Waals surface area contributed by atoms with Crippen molar-refractivity contribution >= 4 is 33.2 Å². The second kappa shape index (κ2) is 9.21. The summed E-state index contributed by atoms with van der Waals surface area (Å²) in [5.41, 5.74) is 4.03. The number of hydrogen-bond acceptors (Lipinski definition) is 5. The van der Waals surface area contributed by atoms with Gasteiger partial charge in [0.1, 0.15) is 4.83 Å². The maximum atomic E-state index is 14.1. The van der Waals surface area contributed by atoms with Crippen LogP contribution in [0, 0.1) is 0 Å². The molecule has 0 spiro atoms. The van der Waals surface area contributed by atoms with Crippen molar-refractivity contribution in [1.82, 2.24) is 14.5 Å². The highest BCUT2D eigenvalue weighted by Gasteiger charge is 2.37. The van der Waals surface area contributed by atoms with Crippen molar-refractivity contribution in [3.05, 3.63) is 122 Å². The number of rotatable bonds is 4. The molecule has 0 radical (unpaired) electrons. The molecule has 0 fully saturated rings. The monoisotopic (exact) mass is 513 g/mol. The van der Waals surface area contributed by atoms with Crippen LogP contribution < -0.4 is 10.3 Å². The van der Waals surface area contributed by atoms with Crippen molar-refractivity contribution in [2.45, 2.75) is 18.5 Å². The standard InChI is InChI=1S/C29H24ClN3O2S/c1-32-23(18-9-5-3-6-10-18)17-22-24-27(36-26(22)25(32)19-11-7-4-8-12-19)31-29(35-2)33(28(24)34)21-15-13-20(30)14-16-21/h3-16,23,25H,17H2,1-2H3. The Morgan fingerprint density at radius 3 is 2.22 bits per heavy atom. The van der Waals surface area contributed by atoms with E-state index in [-0.39, 0.29) is 23.7 Å². The first kappa shape index (κ1) is 23.0. The molecule has 1 aliphatic rings. The van der Waals surface area contributed by atoms with E-state index in [4.69, 9.17) is 21.3 Å². The molecule has 0 amide bonds. The summed E-state index contributed by atoms with van der Waals surface area (Å²) in [4.78, 5) is 23.2. The third-order valence-corrected chi connectivity index (χ3v) is 8.37. The number of methoxy groups -OCH3 is 1. The molecule has 5 aromatic rings. The number of fused-ring (bicyclic) bond motifs is 3. The minimum Gasteiger partial charge on any atom is -0.468 e. The predicted molar refractivity (Wildman–Crippen MR) is 146 cm³/mol. The molecule has 0 saturated heterocycles. The Hall–Kier alpha value is -3.45. The molecule has 0 aliphatic carbocycles. The molecule has 2 unspecified atom stereocenters. The van der Waals surface area contributed by atoms with Crippen molar-refractivity contribution in [3.63, 3.8) is 0 Å². The van der Waals surface area contributed by atoms with Gasteiger partial charge >= 0.3 is 6.01 Å². The van der Waals surface area contributed by atoms with Gasteiger partial charge in [-0.3, -0.25) is 9.69 Å². The van der Waals surface area contributed by atoms with Crippen LogP contribution in [0.2, 0.25) is 5.02 Å². The summed E-state index contributed by atoms with van der Waals surface area (Å²) in [6.45, 7) is 0. The van der Waals surface area contributed by atoms with E-state index in [1.54, 1.807) is 35.1 Å². The SMILES string of the molecule is COc1nc2sc3c(c2c(=O)n1-c1ccc(Cl)cc1)CC(c1ccccc1)N(C)C3c1ccccc1. The topological polar surface area (TPSA) is 47.4 Å². The van der Waals surface area contributed by atoms with E-state index in [2.05, 4.69) is 60.5 Å². The quantitative estimate of drug-likeness (QED) is 0.278. The van der Waals surface area contributed by atoms with Crippen LogP contribution >= 0.6 is 22.9 Å². The van der Waals surface area contributed by atoms with Gasteiger partial charge in [0.15, 0.2) is 0 Å². The van der Waals surface area contributed by atoms with Crippen LogP contribution in [-0.2, 0) is 6.42 Å². The van der Waals surface area contributed by atoms with E-state index in [0.717, 1.165) is 16.9 Å². The molecule has 0 N–H and O–H groups in total. The fourth-order valence-electron chi connectivity index (χ4n) is 5.23. The lowest BCUT2D eigenvalue weighted by atomic mass is 9.87. The molecule has 180 valence electrons. The van der Waals surface area contributed by atoms with E-state index < -0.39 is 0 Å². The fourth-order valence-corrected chi connectivity index (χ4v) is 6.73. The van der Waals surface area contributed by atoms with Crippen LogP contribution in [0.15, 0.2) is 89.7 Å². The number of nitrogens with zero attached hydrogens (tertiary/aromatic N) is 3. The van der Waals surface area contributed by atoms with E-state index in [1.807, 2.05) is 24.3 Å². The largest absolute Gasteiger partial charge is 0.468 e. The zero-order chi connectivity index (χ0) is 24.8. The number of hydrogen-bond donors (Lipinski definition) is 0. The summed E-state index contributed by atoms with van der Waals surface area (Å²) in [6, 6.07) is 28.5.